The van der Waals surface area contributed by atoms with Crippen LogP contribution in [0.1, 0.15) is 19.5 Å². The fourth-order valence-electron chi connectivity index (χ4n) is 3.31. The zero-order chi connectivity index (χ0) is 28.1. The summed E-state index contributed by atoms with van der Waals surface area (Å²) in [5.74, 6) is 0.220. The Morgan fingerprint density at radius 2 is 1.66 bits per heavy atom. The smallest absolute Gasteiger partial charge is 0.434 e. The zero-order valence-corrected chi connectivity index (χ0v) is 23.4. The van der Waals surface area contributed by atoms with E-state index in [0.29, 0.717) is 18.1 Å². The number of halogens is 3. The van der Waals surface area contributed by atoms with E-state index < -0.39 is 25.4 Å². The molecule has 0 aliphatic heterocycles. The van der Waals surface area contributed by atoms with Crippen molar-refractivity contribution in [2.75, 3.05) is 20.3 Å². The summed E-state index contributed by atoms with van der Waals surface area (Å²) in [5, 5.41) is 0. The number of rotatable bonds is 11. The van der Waals surface area contributed by atoms with Crippen LogP contribution < -0.4 is 4.74 Å². The maximum absolute atomic E-state index is 13.4. The fourth-order valence-corrected chi connectivity index (χ4v) is 4.07. The molecule has 206 valence electrons. The number of imidazole rings is 1. The summed E-state index contributed by atoms with van der Waals surface area (Å²) in [5.41, 5.74) is -0.360. The van der Waals surface area contributed by atoms with Gasteiger partial charge in [-0.2, -0.15) is 13.2 Å². The van der Waals surface area contributed by atoms with E-state index in [4.69, 9.17) is 14.2 Å². The number of hydrogen-bond donors (Lipinski definition) is 0. The first-order valence-electron chi connectivity index (χ1n) is 12.1. The number of methoxy groups -OCH3 is 1. The lowest BCUT2D eigenvalue weighted by Crippen LogP contribution is -2.32. The van der Waals surface area contributed by atoms with Crippen molar-refractivity contribution >= 4 is 14.0 Å². The number of alkyl halides is 3. The predicted molar refractivity (Wildman–Crippen MR) is 139 cm³/mol. The Bertz CT molecular complexity index is 1220. The number of carbonyl (C=O) groups excluding carboxylic acids is 1. The molecule has 3 rings (SSSR count). The van der Waals surface area contributed by atoms with E-state index in [1.54, 1.807) is 38.1 Å². The van der Waals surface area contributed by atoms with Crippen molar-refractivity contribution in [1.29, 1.82) is 0 Å². The molecule has 38 heavy (non-hydrogen) atoms. The van der Waals surface area contributed by atoms with Crippen molar-refractivity contribution in [2.24, 2.45) is 5.41 Å². The first-order valence-corrected chi connectivity index (χ1v) is 15.8. The summed E-state index contributed by atoms with van der Waals surface area (Å²) in [7, 11) is -0.00771. The van der Waals surface area contributed by atoms with Crippen molar-refractivity contribution < 1.29 is 32.2 Å². The second kappa shape index (κ2) is 11.6. The van der Waals surface area contributed by atoms with Crippen LogP contribution in [0.2, 0.25) is 25.7 Å². The van der Waals surface area contributed by atoms with E-state index in [2.05, 4.69) is 34.6 Å². The lowest BCUT2D eigenvalue weighted by Gasteiger charge is -2.21. The molecule has 2 aromatic heterocycles. The van der Waals surface area contributed by atoms with Crippen LogP contribution in [0.25, 0.3) is 22.8 Å². The highest BCUT2D eigenvalue weighted by atomic mass is 28.3. The van der Waals surface area contributed by atoms with E-state index >= 15 is 0 Å². The van der Waals surface area contributed by atoms with Crippen LogP contribution in [0.3, 0.4) is 0 Å². The van der Waals surface area contributed by atoms with Crippen LogP contribution in [-0.4, -0.2) is 53.9 Å². The largest absolute Gasteiger partial charge is 0.492 e. The van der Waals surface area contributed by atoms with Crippen molar-refractivity contribution in [1.82, 2.24) is 19.5 Å². The molecule has 0 N–H and O–H groups in total. The molecule has 0 spiro atoms. The normalized spacial score (nSPS) is 12.4. The Morgan fingerprint density at radius 3 is 2.21 bits per heavy atom. The quantitative estimate of drug-likeness (QED) is 0.166. The van der Waals surface area contributed by atoms with Crippen LogP contribution in [0.5, 0.6) is 5.75 Å². The molecule has 0 aliphatic rings. The van der Waals surface area contributed by atoms with Gasteiger partial charge < -0.3 is 18.8 Å². The number of nitrogens with zero attached hydrogens (tertiary/aromatic N) is 4. The highest BCUT2D eigenvalue weighted by molar-refractivity contribution is 6.76. The van der Waals surface area contributed by atoms with E-state index in [-0.39, 0.29) is 30.8 Å². The summed E-state index contributed by atoms with van der Waals surface area (Å²) in [6.07, 6.45) is -0.801. The predicted octanol–water partition coefficient (Wildman–Crippen LogP) is 5.92. The van der Waals surface area contributed by atoms with E-state index in [0.717, 1.165) is 17.8 Å². The van der Waals surface area contributed by atoms with E-state index in [1.807, 2.05) is 0 Å². The Hall–Kier alpha value is -3.25. The molecule has 0 radical (unpaired) electrons. The number of ether oxygens (including phenoxy) is 3. The van der Waals surface area contributed by atoms with Gasteiger partial charge in [-0.1, -0.05) is 19.6 Å². The Balaban J connectivity index is 1.74. The minimum absolute atomic E-state index is 0.0290. The van der Waals surface area contributed by atoms with Gasteiger partial charge in [0.25, 0.3) is 0 Å². The van der Waals surface area contributed by atoms with Crippen LogP contribution in [-0.2, 0) is 27.2 Å². The molecule has 8 nitrogen and oxygen atoms in total. The van der Waals surface area contributed by atoms with Crippen LogP contribution in [0.15, 0.2) is 42.9 Å². The molecule has 0 fully saturated rings. The maximum atomic E-state index is 13.4. The summed E-state index contributed by atoms with van der Waals surface area (Å²) in [6, 6.07) is 7.92. The van der Waals surface area contributed by atoms with E-state index in [1.165, 1.54) is 24.1 Å². The molecule has 1 aromatic carbocycles. The third kappa shape index (κ3) is 7.87. The standard InChI is InChI=1S/C26H33F3N4O4Si/c1-25(2,24(34)35-3)16-37-19-9-7-18(8-10-19)20-13-31-21(14-30-20)23-32-22(26(27,28)29)15-33(23)17-36-11-12-38(4,5)6/h7-10,13-15H,11-12,16-17H2,1-6H3. The third-order valence-electron chi connectivity index (χ3n) is 5.66. The molecular formula is C26H33F3N4O4Si. The van der Waals surface area contributed by atoms with Gasteiger partial charge in [0.05, 0.1) is 30.6 Å². The number of esters is 1. The van der Waals surface area contributed by atoms with Gasteiger partial charge >= 0.3 is 12.1 Å². The van der Waals surface area contributed by atoms with Gasteiger partial charge in [0.2, 0.25) is 0 Å². The summed E-state index contributed by atoms with van der Waals surface area (Å²) in [4.78, 5) is 24.3. The highest BCUT2D eigenvalue weighted by Gasteiger charge is 2.35. The first kappa shape index (κ1) is 29.3. The van der Waals surface area contributed by atoms with Crippen molar-refractivity contribution in [3.8, 4) is 28.5 Å². The van der Waals surface area contributed by atoms with Crippen LogP contribution in [0.4, 0.5) is 13.2 Å². The summed E-state index contributed by atoms with van der Waals surface area (Å²) < 4.78 is 57.5. The number of hydrogen-bond acceptors (Lipinski definition) is 7. The fraction of sp³-hybridized carbons (Fsp3) is 0.462. The topological polar surface area (TPSA) is 88.4 Å². The van der Waals surface area contributed by atoms with Gasteiger partial charge in [-0.05, 0) is 44.2 Å². The molecule has 0 saturated carbocycles. The van der Waals surface area contributed by atoms with E-state index in [9.17, 15) is 18.0 Å². The Morgan fingerprint density at radius 1 is 1.03 bits per heavy atom. The molecule has 0 aliphatic carbocycles. The molecular weight excluding hydrogens is 517 g/mol. The van der Waals surface area contributed by atoms with Crippen molar-refractivity contribution in [3.63, 3.8) is 0 Å². The first-order chi connectivity index (χ1) is 17.7. The monoisotopic (exact) mass is 550 g/mol. The zero-order valence-electron chi connectivity index (χ0n) is 22.4. The second-order valence-corrected chi connectivity index (χ2v) is 16.4. The molecule has 3 aromatic rings. The van der Waals surface area contributed by atoms with Gasteiger partial charge in [0, 0.05) is 26.4 Å². The lowest BCUT2D eigenvalue weighted by molar-refractivity contribution is -0.152. The van der Waals surface area contributed by atoms with Crippen molar-refractivity contribution in [3.05, 3.63) is 48.5 Å². The SMILES string of the molecule is COC(=O)C(C)(C)COc1ccc(-c2cnc(-c3nc(C(F)(F)F)cn3COCC[Si](C)(C)C)cn2)cc1. The number of carbonyl (C=O) groups is 1. The third-order valence-corrected chi connectivity index (χ3v) is 7.37. The average molecular weight is 551 g/mol. The number of benzene rings is 1. The lowest BCUT2D eigenvalue weighted by atomic mass is 9.95. The van der Waals surface area contributed by atoms with Gasteiger partial charge in [0.15, 0.2) is 11.5 Å². The number of aromatic nitrogens is 4. The second-order valence-electron chi connectivity index (χ2n) is 10.7. The minimum atomic E-state index is -4.60. The molecule has 12 heteroatoms. The molecule has 0 unspecified atom stereocenters. The van der Waals surface area contributed by atoms with Crippen LogP contribution >= 0.6 is 0 Å². The maximum Gasteiger partial charge on any atom is 0.434 e. The minimum Gasteiger partial charge on any atom is -0.492 e. The van der Waals surface area contributed by atoms with Crippen LogP contribution in [0, 0.1) is 5.41 Å². The van der Waals surface area contributed by atoms with Gasteiger partial charge in [0.1, 0.15) is 24.8 Å². The Labute approximate surface area is 221 Å². The molecule has 0 atom stereocenters. The van der Waals surface area contributed by atoms with Crippen molar-refractivity contribution in [2.45, 2.75) is 52.4 Å². The Kier molecular flexibility index (Phi) is 8.98. The summed E-state index contributed by atoms with van der Waals surface area (Å²) in [6.45, 7) is 10.6. The highest BCUT2D eigenvalue weighted by Crippen LogP contribution is 2.31. The molecule has 0 saturated heterocycles. The molecule has 0 amide bonds. The van der Waals surface area contributed by atoms with Gasteiger partial charge in [-0.25, -0.2) is 9.97 Å². The van der Waals surface area contributed by atoms with Gasteiger partial charge in [-0.15, -0.1) is 0 Å². The summed E-state index contributed by atoms with van der Waals surface area (Å²) >= 11 is 0. The average Bonchev–Trinajstić information content (AvgIpc) is 3.30. The molecule has 0 bridgehead atoms. The van der Waals surface area contributed by atoms with Gasteiger partial charge in [-0.3, -0.25) is 9.78 Å². The molecule has 2 heterocycles.